The van der Waals surface area contributed by atoms with Crippen molar-refractivity contribution in [1.29, 1.82) is 5.41 Å². The first-order chi connectivity index (χ1) is 63.9. The van der Waals surface area contributed by atoms with Crippen molar-refractivity contribution in [3.8, 4) is 63.0 Å². The SMILES string of the molecule is COC(=O)c1cc(Cl)c2nc(C)[nH]c2c1OC.COc1c(-c2n[nH]c(Cc3ccc(F)cc3)n2)cc(Cl)c2nc(C)[nH]c12.COc1c(-c2n[nH]c(Cc3ccc(F)cc3)n2)cc(Cl)c2nc(C)[nH]c12.COc1c(C(=N)SC)cc(Cl)c2nc(C)[nH]c12.COc1c(C(=O)O)cc(Cl)c2nc(C)[nH]c12.COc1c(C(N)=O)cc(Cl)c2nc(C)[nH]c12.COc1c(C(N)=S)cc(Cl)c2nc(C)[nH]c12. The number of hydrogen-bond acceptors (Lipinski definition) is 25. The van der Waals surface area contributed by atoms with E-state index in [2.05, 4.69) is 105 Å². The Morgan fingerprint density at radius 3 is 0.925 bits per heavy atom. The molecule has 9 heterocycles. The average molecular weight is 2000 g/mol. The first kappa shape index (κ1) is 99.4. The Kier molecular flexibility index (Phi) is 31.8. The van der Waals surface area contributed by atoms with Crippen molar-refractivity contribution < 1.29 is 66.2 Å². The number of amides is 1. The van der Waals surface area contributed by atoms with E-state index in [0.717, 1.165) is 45.5 Å². The lowest BCUT2D eigenvalue weighted by Gasteiger charge is -2.09. The van der Waals surface area contributed by atoms with Crippen LogP contribution >= 0.6 is 105 Å². The maximum atomic E-state index is 13.0. The summed E-state index contributed by atoms with van der Waals surface area (Å²) in [7, 11) is 11.9. The summed E-state index contributed by atoms with van der Waals surface area (Å²) in [5.74, 6) is 7.93. The smallest absolute Gasteiger partial charge is 0.341 e. The van der Waals surface area contributed by atoms with Crippen LogP contribution < -0.4 is 44.6 Å². The lowest BCUT2D eigenvalue weighted by molar-refractivity contribution is 0.0596. The molecule has 0 aliphatic rings. The van der Waals surface area contributed by atoms with Gasteiger partial charge in [0.15, 0.2) is 51.9 Å². The lowest BCUT2D eigenvalue weighted by Crippen LogP contribution is -2.12. The number of aryl methyl sites for hydroxylation is 7. The van der Waals surface area contributed by atoms with Crippen LogP contribution in [-0.2, 0) is 17.6 Å². The van der Waals surface area contributed by atoms with Crippen LogP contribution in [0.4, 0.5) is 8.78 Å². The van der Waals surface area contributed by atoms with Crippen molar-refractivity contribution in [1.82, 2.24) is 100 Å². The van der Waals surface area contributed by atoms with E-state index in [9.17, 15) is 23.2 Å². The molecule has 0 spiro atoms. The minimum Gasteiger partial charge on any atom is -0.494 e. The molecule has 0 saturated carbocycles. The van der Waals surface area contributed by atoms with Gasteiger partial charge in [-0.2, -0.15) is 10.2 Å². The Morgan fingerprint density at radius 1 is 0.388 bits per heavy atom. The summed E-state index contributed by atoms with van der Waals surface area (Å²) in [6.07, 6.45) is 2.86. The van der Waals surface area contributed by atoms with Gasteiger partial charge in [-0.1, -0.05) is 118 Å². The van der Waals surface area contributed by atoms with E-state index in [0.29, 0.717) is 212 Å². The molecule has 1 amide bonds. The number of benzene rings is 9. The molecule has 0 fully saturated rings. The molecule has 0 atom stereocenters. The number of aromatic carboxylic acids is 1. The highest BCUT2D eigenvalue weighted by atomic mass is 35.5. The Bertz CT molecular complexity index is 6990. The predicted molar refractivity (Wildman–Crippen MR) is 519 cm³/mol. The van der Waals surface area contributed by atoms with Crippen molar-refractivity contribution >= 4 is 210 Å². The van der Waals surface area contributed by atoms with E-state index in [4.69, 9.17) is 149 Å². The summed E-state index contributed by atoms with van der Waals surface area (Å²) in [6.45, 7) is 12.8. The fourth-order valence-electron chi connectivity index (χ4n) is 14.0. The van der Waals surface area contributed by atoms with Gasteiger partial charge in [0, 0.05) is 12.8 Å². The van der Waals surface area contributed by atoms with Crippen LogP contribution in [0.3, 0.4) is 0 Å². The fraction of sp³-hybridized carbons (Fsp3) is 0.205. The van der Waals surface area contributed by atoms with Crippen molar-refractivity contribution in [3.05, 3.63) is 229 Å². The van der Waals surface area contributed by atoms with Crippen LogP contribution in [0.1, 0.15) is 106 Å². The summed E-state index contributed by atoms with van der Waals surface area (Å²) in [6, 6.07) is 23.7. The average Bonchev–Trinajstić information content (AvgIpc) is 1.66. The number of halogens is 9. The highest BCUT2D eigenvalue weighted by Gasteiger charge is 2.27. The standard InChI is InChI=1S/2C18H15ClFN5O.C11H12ClN3OS.C11H11ClN2O3.C10H10ClN3O2.C10H10ClN3OS.C10H9ClN2O3/c2*1-9-21-15-13(19)8-12(17(26-2)16(15)22-9)18-23-14(24-25-18)7-10-3-5-11(20)6-4-10;1-5-14-8-7(12)4-6(11(13)17-3)10(16-2)9(8)15-5;1-5-13-8-7(12)4-6(11(15)17-3)10(16-2)9(8)14-5;1-4-13-7-6(11)3-5(10(12)15)9(16-2)8(7)14-4;1-4-13-7-6(11)3-5(10(12)16)9(15-2)8(7)14-4;1-4-12-7-6(11)3-5(10(14)15)9(16-2)8(7)13-4/h2*3-6,8H,7H2,1-2H3,(H,21,22)(H,23,24,25);4,13H,1-3H3,(H,14,15);4H,1-3H3,(H,13,14);3H,1-2H3,(H2,12,15)(H,13,14);3H,1-2H3,(H2,12,16)(H,13,14);3H,1-2H3,(H,12,13)(H,14,15). The number of carboxylic acid groups (broad SMARTS) is 1. The van der Waals surface area contributed by atoms with E-state index in [-0.39, 0.29) is 44.1 Å². The molecule has 9 aromatic carbocycles. The molecular formula is C88H82Cl7F2N23O12S2. The first-order valence-electron chi connectivity index (χ1n) is 39.3. The zero-order valence-corrected chi connectivity index (χ0v) is 80.7. The highest BCUT2D eigenvalue weighted by Crippen LogP contribution is 2.44. The molecule has 0 unspecified atom stereocenters. The maximum absolute atomic E-state index is 13.0. The first-order valence-corrected chi connectivity index (χ1v) is 43.6. The molecule has 696 valence electrons. The van der Waals surface area contributed by atoms with Gasteiger partial charge in [0.25, 0.3) is 5.91 Å². The van der Waals surface area contributed by atoms with Crippen molar-refractivity contribution in [3.63, 3.8) is 0 Å². The number of carbonyl (C=O) groups excluding carboxylic acids is 2. The van der Waals surface area contributed by atoms with Crippen LogP contribution in [0.15, 0.2) is 91.0 Å². The summed E-state index contributed by atoms with van der Waals surface area (Å²) in [4.78, 5) is 94.5. The third-order valence-corrected chi connectivity index (χ3v) is 22.6. The Balaban J connectivity index is 0.000000142. The number of nitrogens with one attached hydrogen (secondary N) is 10. The van der Waals surface area contributed by atoms with E-state index in [1.54, 1.807) is 97.7 Å². The molecule has 15 N–H and O–H groups in total. The monoisotopic (exact) mass is 2000 g/mol. The van der Waals surface area contributed by atoms with Crippen molar-refractivity contribution in [2.75, 3.05) is 63.1 Å². The van der Waals surface area contributed by atoms with Gasteiger partial charge in [-0.15, -0.1) is 11.8 Å². The largest absolute Gasteiger partial charge is 0.494 e. The van der Waals surface area contributed by atoms with Gasteiger partial charge in [-0.05, 0) is 133 Å². The van der Waals surface area contributed by atoms with Crippen LogP contribution in [0.2, 0.25) is 35.2 Å². The molecule has 18 aromatic rings. The number of rotatable bonds is 18. The van der Waals surface area contributed by atoms with Crippen molar-refractivity contribution in [2.24, 2.45) is 11.5 Å². The molecule has 0 aliphatic carbocycles. The fourth-order valence-corrected chi connectivity index (χ4v) is 16.3. The third-order valence-electron chi connectivity index (χ3n) is 19.7. The summed E-state index contributed by atoms with van der Waals surface area (Å²) in [5.41, 5.74) is 24.7. The minimum atomic E-state index is -1.09. The number of primary amides is 1. The topological polar surface area (TPSA) is 505 Å². The molecule has 0 saturated heterocycles. The second-order valence-corrected chi connectivity index (χ2v) is 32.9. The van der Waals surface area contributed by atoms with Crippen molar-refractivity contribution in [2.45, 2.75) is 61.3 Å². The number of nitrogens with zero attached hydrogens (tertiary/aromatic N) is 11. The van der Waals surface area contributed by atoms with Crippen LogP contribution in [0.25, 0.3) is 100 Å². The van der Waals surface area contributed by atoms with Crippen LogP contribution in [0.5, 0.6) is 40.2 Å². The normalized spacial score (nSPS) is 10.9. The quantitative estimate of drug-likeness (QED) is 0.0164. The van der Waals surface area contributed by atoms with Gasteiger partial charge in [0.05, 0.1) is 125 Å². The maximum Gasteiger partial charge on any atom is 0.341 e. The summed E-state index contributed by atoms with van der Waals surface area (Å²) in [5, 5.41) is 34.8. The molecule has 46 heteroatoms. The number of thioether (sulfide) groups is 1. The number of methoxy groups -OCH3 is 8. The number of aromatic nitrogens is 20. The van der Waals surface area contributed by atoms with E-state index < -0.39 is 17.8 Å². The van der Waals surface area contributed by atoms with Crippen LogP contribution in [-0.4, -0.2) is 196 Å². The number of aromatic amines is 9. The zero-order valence-electron chi connectivity index (χ0n) is 73.8. The Morgan fingerprint density at radius 2 is 0.642 bits per heavy atom. The zero-order chi connectivity index (χ0) is 97.3. The molecule has 134 heavy (non-hydrogen) atoms. The molecule has 0 bridgehead atoms. The number of esters is 1. The third kappa shape index (κ3) is 21.7. The number of carboxylic acids is 1. The van der Waals surface area contributed by atoms with Crippen LogP contribution in [0, 0.1) is 65.5 Å². The number of imidazole rings is 7. The Labute approximate surface area is 804 Å². The van der Waals surface area contributed by atoms with E-state index in [1.165, 1.54) is 82.7 Å². The number of thiocarbonyl (C=S) groups is 1. The number of carbonyl (C=O) groups is 3. The number of hydrogen-bond donors (Lipinski definition) is 13. The molecular weight excluding hydrogens is 1920 g/mol. The second kappa shape index (κ2) is 42.9. The predicted octanol–water partition coefficient (Wildman–Crippen LogP) is 19.7. The molecule has 0 aliphatic heterocycles. The number of nitrogens with two attached hydrogens (primary N) is 2. The van der Waals surface area contributed by atoms with E-state index in [1.807, 2.05) is 34.0 Å². The summed E-state index contributed by atoms with van der Waals surface area (Å²) >= 11 is 49.3. The number of H-pyrrole nitrogens is 9. The van der Waals surface area contributed by atoms with Gasteiger partial charge in [0.2, 0.25) is 0 Å². The number of fused-ring (bicyclic) bond motifs is 7. The lowest BCUT2D eigenvalue weighted by atomic mass is 10.1. The van der Waals surface area contributed by atoms with Gasteiger partial charge >= 0.3 is 11.9 Å². The highest BCUT2D eigenvalue weighted by molar-refractivity contribution is 8.13. The molecule has 18 rings (SSSR count). The molecule has 0 radical (unpaired) electrons. The summed E-state index contributed by atoms with van der Waals surface area (Å²) < 4.78 is 68.0. The molecule has 9 aromatic heterocycles. The Hall–Kier alpha value is -13.6. The van der Waals surface area contributed by atoms with Gasteiger partial charge < -0.3 is 89.4 Å². The minimum absolute atomic E-state index is 0.0173. The van der Waals surface area contributed by atoms with Gasteiger partial charge in [-0.25, -0.2) is 63.2 Å². The van der Waals surface area contributed by atoms with Gasteiger partial charge in [-0.3, -0.25) is 20.4 Å². The van der Waals surface area contributed by atoms with Gasteiger partial charge in [0.1, 0.15) is 157 Å². The molecule has 35 nitrogen and oxygen atoms in total. The second-order valence-electron chi connectivity index (χ2n) is 28.8. The van der Waals surface area contributed by atoms with E-state index >= 15 is 0 Å². The number of ether oxygens (including phenoxy) is 8.